The summed E-state index contributed by atoms with van der Waals surface area (Å²) in [5.41, 5.74) is 2.35. The Labute approximate surface area is 182 Å². The summed E-state index contributed by atoms with van der Waals surface area (Å²) in [6.45, 7) is 1.62. The van der Waals surface area contributed by atoms with E-state index in [1.807, 2.05) is 11.0 Å². The van der Waals surface area contributed by atoms with Crippen LogP contribution in [0.2, 0.25) is 10.0 Å². The van der Waals surface area contributed by atoms with Gasteiger partial charge >= 0.3 is 0 Å². The van der Waals surface area contributed by atoms with E-state index in [0.717, 1.165) is 31.5 Å². The normalized spacial score (nSPS) is 13.5. The zero-order valence-corrected chi connectivity index (χ0v) is 17.7. The first kappa shape index (κ1) is 19.9. The summed E-state index contributed by atoms with van der Waals surface area (Å²) in [7, 11) is 0. The molecule has 148 valence electrons. The van der Waals surface area contributed by atoms with Crippen LogP contribution >= 0.6 is 34.5 Å². The van der Waals surface area contributed by atoms with Gasteiger partial charge in [-0.3, -0.25) is 9.59 Å². The van der Waals surface area contributed by atoms with Crippen LogP contribution in [0.4, 0.5) is 5.69 Å². The van der Waals surface area contributed by atoms with Gasteiger partial charge < -0.3 is 10.2 Å². The highest BCUT2D eigenvalue weighted by Crippen LogP contribution is 2.30. The van der Waals surface area contributed by atoms with E-state index in [1.165, 1.54) is 11.3 Å². The van der Waals surface area contributed by atoms with Gasteiger partial charge in [-0.1, -0.05) is 29.3 Å². The first-order valence-corrected chi connectivity index (χ1v) is 10.8. The molecule has 0 aliphatic carbocycles. The maximum Gasteiger partial charge on any atom is 0.275 e. The van der Waals surface area contributed by atoms with Crippen molar-refractivity contribution in [1.29, 1.82) is 0 Å². The Kier molecular flexibility index (Phi) is 5.85. The maximum atomic E-state index is 12.5. The zero-order valence-electron chi connectivity index (χ0n) is 15.3. The SMILES string of the molecule is O=C(Nc1ccc(C(=O)N2CCCC2)cc1)c1csc(-c2ccc(Cl)c(Cl)c2)n1. The first-order valence-electron chi connectivity index (χ1n) is 9.13. The zero-order chi connectivity index (χ0) is 20.4. The standard InChI is InChI=1S/C21H17Cl2N3O2S/c22-16-8-5-14(11-17(16)23)20-25-18(12-29-20)19(27)24-15-6-3-13(4-7-15)21(28)26-9-1-2-10-26/h3-8,11-12H,1-2,9-10H2,(H,24,27). The molecule has 1 aliphatic heterocycles. The number of hydrogen-bond donors (Lipinski definition) is 1. The molecule has 0 radical (unpaired) electrons. The minimum Gasteiger partial charge on any atom is -0.339 e. The number of nitrogens with one attached hydrogen (secondary N) is 1. The Bertz CT molecular complexity index is 1060. The molecule has 0 bridgehead atoms. The number of likely N-dealkylation sites (tertiary alicyclic amines) is 1. The number of nitrogens with zero attached hydrogens (tertiary/aromatic N) is 2. The number of carbonyl (C=O) groups excluding carboxylic acids is 2. The molecule has 0 saturated carbocycles. The van der Waals surface area contributed by atoms with E-state index >= 15 is 0 Å². The number of carbonyl (C=O) groups is 2. The minimum atomic E-state index is -0.314. The van der Waals surface area contributed by atoms with Gasteiger partial charge in [0.2, 0.25) is 0 Å². The third-order valence-corrected chi connectivity index (χ3v) is 6.32. The van der Waals surface area contributed by atoms with Crippen molar-refractivity contribution in [2.45, 2.75) is 12.8 Å². The van der Waals surface area contributed by atoms with Crippen molar-refractivity contribution >= 4 is 52.0 Å². The molecule has 2 aromatic carbocycles. The topological polar surface area (TPSA) is 62.3 Å². The molecule has 1 fully saturated rings. The molecular formula is C21H17Cl2N3O2S. The van der Waals surface area contributed by atoms with E-state index in [0.29, 0.717) is 32.0 Å². The van der Waals surface area contributed by atoms with Crippen molar-refractivity contribution < 1.29 is 9.59 Å². The molecule has 8 heteroatoms. The Morgan fingerprint density at radius 1 is 1.00 bits per heavy atom. The van der Waals surface area contributed by atoms with Gasteiger partial charge in [-0.15, -0.1) is 11.3 Å². The summed E-state index contributed by atoms with van der Waals surface area (Å²) in [5.74, 6) is -0.280. The van der Waals surface area contributed by atoms with Gasteiger partial charge in [0, 0.05) is 35.3 Å². The lowest BCUT2D eigenvalue weighted by molar-refractivity contribution is 0.0792. The molecule has 0 spiro atoms. The minimum absolute atomic E-state index is 0.0335. The Hall–Kier alpha value is -2.41. The third kappa shape index (κ3) is 4.45. The third-order valence-electron chi connectivity index (χ3n) is 4.69. The molecule has 1 N–H and O–H groups in total. The molecule has 1 aliphatic rings. The fourth-order valence-electron chi connectivity index (χ4n) is 3.13. The van der Waals surface area contributed by atoms with Gasteiger partial charge in [0.25, 0.3) is 11.8 Å². The quantitative estimate of drug-likeness (QED) is 0.567. The Morgan fingerprint density at radius 2 is 1.72 bits per heavy atom. The highest BCUT2D eigenvalue weighted by molar-refractivity contribution is 7.13. The van der Waals surface area contributed by atoms with Crippen molar-refractivity contribution in [3.05, 3.63) is 69.1 Å². The molecular weight excluding hydrogens is 429 g/mol. The lowest BCUT2D eigenvalue weighted by Crippen LogP contribution is -2.27. The van der Waals surface area contributed by atoms with Crippen LogP contribution in [-0.4, -0.2) is 34.8 Å². The van der Waals surface area contributed by atoms with Crippen molar-refractivity contribution in [3.63, 3.8) is 0 Å². The van der Waals surface area contributed by atoms with Gasteiger partial charge in [0.1, 0.15) is 10.7 Å². The number of thiazole rings is 1. The highest BCUT2D eigenvalue weighted by atomic mass is 35.5. The second kappa shape index (κ2) is 8.53. The number of anilines is 1. The summed E-state index contributed by atoms with van der Waals surface area (Å²) in [4.78, 5) is 31.2. The smallest absolute Gasteiger partial charge is 0.275 e. The molecule has 29 heavy (non-hydrogen) atoms. The van der Waals surface area contributed by atoms with Gasteiger partial charge in [0.15, 0.2) is 0 Å². The van der Waals surface area contributed by atoms with Gasteiger partial charge in [0.05, 0.1) is 10.0 Å². The average Bonchev–Trinajstić information content (AvgIpc) is 3.42. The highest BCUT2D eigenvalue weighted by Gasteiger charge is 2.19. The average molecular weight is 446 g/mol. The fourth-order valence-corrected chi connectivity index (χ4v) is 4.23. The van der Waals surface area contributed by atoms with Crippen LogP contribution in [0, 0.1) is 0 Å². The maximum absolute atomic E-state index is 12.5. The molecule has 4 rings (SSSR count). The van der Waals surface area contributed by atoms with Crippen LogP contribution in [0.5, 0.6) is 0 Å². The van der Waals surface area contributed by atoms with Crippen LogP contribution in [0.25, 0.3) is 10.6 Å². The second-order valence-corrected chi connectivity index (χ2v) is 8.37. The van der Waals surface area contributed by atoms with E-state index in [4.69, 9.17) is 23.2 Å². The van der Waals surface area contributed by atoms with Crippen LogP contribution in [0.15, 0.2) is 47.8 Å². The van der Waals surface area contributed by atoms with E-state index < -0.39 is 0 Å². The van der Waals surface area contributed by atoms with Crippen molar-refractivity contribution in [2.75, 3.05) is 18.4 Å². The molecule has 2 amide bonds. The van der Waals surface area contributed by atoms with Crippen molar-refractivity contribution in [3.8, 4) is 10.6 Å². The number of aromatic nitrogens is 1. The molecule has 5 nitrogen and oxygen atoms in total. The van der Waals surface area contributed by atoms with Crippen LogP contribution in [-0.2, 0) is 0 Å². The monoisotopic (exact) mass is 445 g/mol. The predicted octanol–water partition coefficient (Wildman–Crippen LogP) is 5.61. The van der Waals surface area contributed by atoms with Crippen LogP contribution in [0.1, 0.15) is 33.7 Å². The summed E-state index contributed by atoms with van der Waals surface area (Å²) < 4.78 is 0. The summed E-state index contributed by atoms with van der Waals surface area (Å²) in [5, 5.41) is 6.09. The van der Waals surface area contributed by atoms with E-state index in [1.54, 1.807) is 41.8 Å². The van der Waals surface area contributed by atoms with Crippen molar-refractivity contribution in [1.82, 2.24) is 9.88 Å². The lowest BCUT2D eigenvalue weighted by atomic mass is 10.2. The number of benzene rings is 2. The number of hydrogen-bond acceptors (Lipinski definition) is 4. The number of halogens is 2. The van der Waals surface area contributed by atoms with Gasteiger partial charge in [-0.2, -0.15) is 0 Å². The summed E-state index contributed by atoms with van der Waals surface area (Å²) >= 11 is 13.4. The number of amides is 2. The fraction of sp³-hybridized carbons (Fsp3) is 0.190. The Balaban J connectivity index is 1.43. The van der Waals surface area contributed by atoms with Crippen molar-refractivity contribution in [2.24, 2.45) is 0 Å². The molecule has 0 unspecified atom stereocenters. The lowest BCUT2D eigenvalue weighted by Gasteiger charge is -2.15. The van der Waals surface area contributed by atoms with Crippen LogP contribution in [0.3, 0.4) is 0 Å². The largest absolute Gasteiger partial charge is 0.339 e. The molecule has 0 atom stereocenters. The van der Waals surface area contributed by atoms with Crippen LogP contribution < -0.4 is 5.32 Å². The Morgan fingerprint density at radius 3 is 2.41 bits per heavy atom. The van der Waals surface area contributed by atoms with Gasteiger partial charge in [-0.25, -0.2) is 4.98 Å². The molecule has 1 aromatic heterocycles. The van der Waals surface area contributed by atoms with E-state index in [-0.39, 0.29) is 11.8 Å². The van der Waals surface area contributed by atoms with E-state index in [9.17, 15) is 9.59 Å². The molecule has 2 heterocycles. The van der Waals surface area contributed by atoms with Gasteiger partial charge in [-0.05, 0) is 49.2 Å². The van der Waals surface area contributed by atoms with E-state index in [2.05, 4.69) is 10.3 Å². The summed E-state index contributed by atoms with van der Waals surface area (Å²) in [6, 6.07) is 12.2. The molecule has 1 saturated heterocycles. The predicted molar refractivity (Wildman–Crippen MR) is 117 cm³/mol. The number of rotatable bonds is 4. The molecule has 3 aromatic rings. The summed E-state index contributed by atoms with van der Waals surface area (Å²) in [6.07, 6.45) is 2.11. The second-order valence-electron chi connectivity index (χ2n) is 6.70. The first-order chi connectivity index (χ1) is 14.0.